The van der Waals surface area contributed by atoms with Crippen LogP contribution in [-0.4, -0.2) is 62.7 Å². The van der Waals surface area contributed by atoms with E-state index in [1.165, 1.54) is 32.5 Å². The predicted molar refractivity (Wildman–Crippen MR) is 61.7 cm³/mol. The van der Waals surface area contributed by atoms with Crippen LogP contribution in [0.3, 0.4) is 0 Å². The Labute approximate surface area is 88.5 Å². The fraction of sp³-hybridized carbons (Fsp3) is 1.00. The van der Waals surface area contributed by atoms with Gasteiger partial charge in [-0.25, -0.2) is 0 Å². The molecule has 0 saturated carbocycles. The first-order valence-electron chi connectivity index (χ1n) is 5.81. The van der Waals surface area contributed by atoms with Crippen LogP contribution in [-0.2, 0) is 0 Å². The quantitative estimate of drug-likeness (QED) is 0.676. The Morgan fingerprint density at radius 2 is 2.00 bits per heavy atom. The highest BCUT2D eigenvalue weighted by molar-refractivity contribution is 4.73. The molecule has 84 valence electrons. The van der Waals surface area contributed by atoms with Gasteiger partial charge < -0.3 is 15.1 Å². The van der Waals surface area contributed by atoms with Crippen LogP contribution in [0.4, 0.5) is 0 Å². The largest absolute Gasteiger partial charge is 0.318 e. The third-order valence-electron chi connectivity index (χ3n) is 3.19. The van der Waals surface area contributed by atoms with E-state index in [1.54, 1.807) is 0 Å². The van der Waals surface area contributed by atoms with Gasteiger partial charge in [-0.3, -0.25) is 0 Å². The first-order chi connectivity index (χ1) is 6.74. The summed E-state index contributed by atoms with van der Waals surface area (Å²) in [5, 5.41) is 3.19. The van der Waals surface area contributed by atoms with E-state index in [-0.39, 0.29) is 0 Å². The average molecular weight is 199 g/mol. The van der Waals surface area contributed by atoms with Gasteiger partial charge >= 0.3 is 0 Å². The highest BCUT2D eigenvalue weighted by atomic mass is 15.2. The van der Waals surface area contributed by atoms with Gasteiger partial charge in [-0.05, 0) is 47.0 Å². The van der Waals surface area contributed by atoms with E-state index in [0.29, 0.717) is 6.04 Å². The molecule has 0 spiro atoms. The van der Waals surface area contributed by atoms with Gasteiger partial charge in [0.15, 0.2) is 0 Å². The Bertz CT molecular complexity index is 143. The highest BCUT2D eigenvalue weighted by Gasteiger charge is 2.16. The lowest BCUT2D eigenvalue weighted by Gasteiger charge is -2.28. The van der Waals surface area contributed by atoms with E-state index in [4.69, 9.17) is 0 Å². The van der Waals surface area contributed by atoms with Crippen LogP contribution in [0.1, 0.15) is 19.8 Å². The van der Waals surface area contributed by atoms with Gasteiger partial charge in [-0.2, -0.15) is 0 Å². The molecule has 0 aromatic heterocycles. The summed E-state index contributed by atoms with van der Waals surface area (Å²) < 4.78 is 0. The molecular formula is C11H25N3. The van der Waals surface area contributed by atoms with Crippen molar-refractivity contribution in [2.45, 2.75) is 25.8 Å². The first kappa shape index (κ1) is 12.0. The van der Waals surface area contributed by atoms with Gasteiger partial charge in [0.1, 0.15) is 0 Å². The Morgan fingerprint density at radius 1 is 1.36 bits per heavy atom. The van der Waals surface area contributed by atoms with E-state index in [9.17, 15) is 0 Å². The van der Waals surface area contributed by atoms with Crippen molar-refractivity contribution < 1.29 is 0 Å². The van der Waals surface area contributed by atoms with Crippen LogP contribution in [0, 0.1) is 0 Å². The van der Waals surface area contributed by atoms with Gasteiger partial charge in [0.25, 0.3) is 0 Å². The Balaban J connectivity index is 2.15. The zero-order valence-electron chi connectivity index (χ0n) is 9.92. The van der Waals surface area contributed by atoms with Crippen LogP contribution in [0.15, 0.2) is 0 Å². The molecule has 0 aromatic carbocycles. The maximum atomic E-state index is 3.19. The van der Waals surface area contributed by atoms with Gasteiger partial charge in [-0.15, -0.1) is 0 Å². The standard InChI is InChI=1S/C11H25N3/c1-11(13(3)9-6-12-2)10-14-7-4-5-8-14/h11-12H,4-10H2,1-3H3. The molecule has 1 heterocycles. The molecule has 0 aliphatic carbocycles. The number of hydrogen-bond donors (Lipinski definition) is 1. The number of hydrogen-bond acceptors (Lipinski definition) is 3. The molecule has 1 fully saturated rings. The van der Waals surface area contributed by atoms with Crippen molar-refractivity contribution in [1.82, 2.24) is 15.1 Å². The Kier molecular flexibility index (Phi) is 5.45. The number of likely N-dealkylation sites (tertiary alicyclic amines) is 1. The summed E-state index contributed by atoms with van der Waals surface area (Å²) >= 11 is 0. The van der Waals surface area contributed by atoms with Crippen molar-refractivity contribution >= 4 is 0 Å². The Hall–Kier alpha value is -0.120. The van der Waals surface area contributed by atoms with E-state index in [1.807, 2.05) is 7.05 Å². The molecule has 3 heteroatoms. The van der Waals surface area contributed by atoms with Crippen molar-refractivity contribution in [3.8, 4) is 0 Å². The third-order valence-corrected chi connectivity index (χ3v) is 3.19. The number of nitrogens with one attached hydrogen (secondary N) is 1. The second-order valence-electron chi connectivity index (χ2n) is 4.44. The Morgan fingerprint density at radius 3 is 2.57 bits per heavy atom. The molecule has 0 bridgehead atoms. The summed E-state index contributed by atoms with van der Waals surface area (Å²) in [6, 6.07) is 0.682. The van der Waals surface area contributed by atoms with Crippen LogP contribution in [0.2, 0.25) is 0 Å². The van der Waals surface area contributed by atoms with E-state index < -0.39 is 0 Å². The van der Waals surface area contributed by atoms with Crippen molar-refractivity contribution in [2.24, 2.45) is 0 Å². The van der Waals surface area contributed by atoms with Gasteiger partial charge in [-0.1, -0.05) is 0 Å². The minimum absolute atomic E-state index is 0.682. The highest BCUT2D eigenvalue weighted by Crippen LogP contribution is 2.09. The minimum atomic E-state index is 0.682. The van der Waals surface area contributed by atoms with Crippen LogP contribution in [0.5, 0.6) is 0 Å². The molecule has 14 heavy (non-hydrogen) atoms. The molecule has 0 radical (unpaired) electrons. The van der Waals surface area contributed by atoms with Crippen molar-refractivity contribution in [2.75, 3.05) is 46.8 Å². The van der Waals surface area contributed by atoms with Crippen LogP contribution < -0.4 is 5.32 Å². The summed E-state index contributed by atoms with van der Waals surface area (Å²) in [6.07, 6.45) is 2.79. The molecule has 3 nitrogen and oxygen atoms in total. The van der Waals surface area contributed by atoms with Gasteiger partial charge in [0, 0.05) is 25.7 Å². The zero-order chi connectivity index (χ0) is 10.4. The number of rotatable bonds is 6. The molecule has 1 saturated heterocycles. The number of nitrogens with zero attached hydrogens (tertiary/aromatic N) is 2. The SMILES string of the molecule is CNCCN(C)C(C)CN1CCCC1. The van der Waals surface area contributed by atoms with Crippen LogP contribution in [0.25, 0.3) is 0 Å². The summed E-state index contributed by atoms with van der Waals surface area (Å²) in [6.45, 7) is 8.41. The summed E-state index contributed by atoms with van der Waals surface area (Å²) in [7, 11) is 4.23. The predicted octanol–water partition coefficient (Wildman–Crippen LogP) is 0.622. The third kappa shape index (κ3) is 3.95. The topological polar surface area (TPSA) is 18.5 Å². The molecule has 0 aromatic rings. The maximum Gasteiger partial charge on any atom is 0.0192 e. The monoisotopic (exact) mass is 199 g/mol. The van der Waals surface area contributed by atoms with Gasteiger partial charge in [0.05, 0.1) is 0 Å². The summed E-state index contributed by atoms with van der Waals surface area (Å²) in [5.74, 6) is 0. The normalized spacial score (nSPS) is 20.6. The van der Waals surface area contributed by atoms with Gasteiger partial charge in [0.2, 0.25) is 0 Å². The fourth-order valence-electron chi connectivity index (χ4n) is 1.99. The smallest absolute Gasteiger partial charge is 0.0192 e. The number of likely N-dealkylation sites (N-methyl/N-ethyl adjacent to an activating group) is 2. The minimum Gasteiger partial charge on any atom is -0.318 e. The summed E-state index contributed by atoms with van der Waals surface area (Å²) in [4.78, 5) is 5.02. The van der Waals surface area contributed by atoms with E-state index >= 15 is 0 Å². The second kappa shape index (κ2) is 6.38. The van der Waals surface area contributed by atoms with Crippen molar-refractivity contribution in [1.29, 1.82) is 0 Å². The molecule has 0 amide bonds. The molecule has 1 aliphatic heterocycles. The molecular weight excluding hydrogens is 174 g/mol. The molecule has 1 N–H and O–H groups in total. The molecule has 1 aliphatic rings. The summed E-state index contributed by atoms with van der Waals surface area (Å²) in [5.41, 5.74) is 0. The second-order valence-corrected chi connectivity index (χ2v) is 4.44. The molecule has 1 atom stereocenters. The lowest BCUT2D eigenvalue weighted by Crippen LogP contribution is -2.41. The van der Waals surface area contributed by atoms with Crippen molar-refractivity contribution in [3.63, 3.8) is 0 Å². The van der Waals surface area contributed by atoms with Crippen LogP contribution >= 0.6 is 0 Å². The fourth-order valence-corrected chi connectivity index (χ4v) is 1.99. The van der Waals surface area contributed by atoms with E-state index in [2.05, 4.69) is 29.1 Å². The van der Waals surface area contributed by atoms with Crippen molar-refractivity contribution in [3.05, 3.63) is 0 Å². The lowest BCUT2D eigenvalue weighted by molar-refractivity contribution is 0.193. The average Bonchev–Trinajstić information content (AvgIpc) is 2.66. The lowest BCUT2D eigenvalue weighted by atomic mass is 10.3. The maximum absolute atomic E-state index is 3.19. The van der Waals surface area contributed by atoms with E-state index in [0.717, 1.165) is 13.1 Å². The molecule has 1 rings (SSSR count). The molecule has 1 unspecified atom stereocenters. The zero-order valence-corrected chi connectivity index (χ0v) is 9.92. The first-order valence-corrected chi connectivity index (χ1v) is 5.81.